The molecule has 0 radical (unpaired) electrons. The van der Waals surface area contributed by atoms with Crippen LogP contribution in [0.3, 0.4) is 0 Å². The number of nitrogens with zero attached hydrogens (tertiary/aromatic N) is 1. The topological polar surface area (TPSA) is 68.7 Å². The number of pyridine rings is 1. The lowest BCUT2D eigenvalue weighted by molar-refractivity contribution is 0.0698. The van der Waals surface area contributed by atoms with Gasteiger partial charge in [-0.15, -0.1) is 0 Å². The Bertz CT molecular complexity index is 994. The summed E-state index contributed by atoms with van der Waals surface area (Å²) in [6.07, 6.45) is 0.518. The number of hydrogen-bond acceptors (Lipinski definition) is 4. The Morgan fingerprint density at radius 2 is 1.83 bits per heavy atom. The number of para-hydroxylation sites is 1. The van der Waals surface area contributed by atoms with Crippen LogP contribution in [0.4, 0.5) is 0 Å². The van der Waals surface area contributed by atoms with Crippen LogP contribution in [0, 0.1) is 0 Å². The van der Waals surface area contributed by atoms with Crippen molar-refractivity contribution in [3.8, 4) is 22.8 Å². The van der Waals surface area contributed by atoms with Crippen LogP contribution in [0.25, 0.3) is 22.2 Å². The summed E-state index contributed by atoms with van der Waals surface area (Å²) in [6.45, 7) is 0. The van der Waals surface area contributed by atoms with Crippen molar-refractivity contribution in [1.29, 1.82) is 0 Å². The molecule has 5 nitrogen and oxygen atoms in total. The van der Waals surface area contributed by atoms with Crippen LogP contribution >= 0.6 is 0 Å². The molecule has 0 unspecified atom stereocenters. The highest BCUT2D eigenvalue weighted by molar-refractivity contribution is 6.06. The first kappa shape index (κ1) is 14.5. The number of benzene rings is 2. The molecular weight excluding hydrogens is 306 g/mol. The maximum atomic E-state index is 11.9. The van der Waals surface area contributed by atoms with Gasteiger partial charge >= 0.3 is 5.97 Å². The number of carboxylic acid groups (broad SMARTS) is 1. The fourth-order valence-corrected chi connectivity index (χ4v) is 3.37. The van der Waals surface area contributed by atoms with Gasteiger partial charge in [-0.05, 0) is 29.3 Å². The Hall–Kier alpha value is -3.08. The normalized spacial score (nSPS) is 11.9. The largest absolute Gasteiger partial charge is 0.493 e. The van der Waals surface area contributed by atoms with Gasteiger partial charge in [-0.25, -0.2) is 9.78 Å². The molecule has 0 bridgehead atoms. The zero-order chi connectivity index (χ0) is 16.8. The Morgan fingerprint density at radius 1 is 1.12 bits per heavy atom. The quantitative estimate of drug-likeness (QED) is 0.625. The molecule has 0 fully saturated rings. The van der Waals surface area contributed by atoms with E-state index in [9.17, 15) is 9.90 Å². The molecule has 24 heavy (non-hydrogen) atoms. The number of ether oxygens (including phenoxy) is 2. The zero-order valence-electron chi connectivity index (χ0n) is 13.3. The molecule has 120 valence electrons. The van der Waals surface area contributed by atoms with Crippen LogP contribution in [0.15, 0.2) is 36.4 Å². The van der Waals surface area contributed by atoms with Gasteiger partial charge in [0, 0.05) is 17.4 Å². The van der Waals surface area contributed by atoms with Gasteiger partial charge in [0.15, 0.2) is 11.5 Å². The number of carboxylic acids is 1. The predicted octanol–water partition coefficient (Wildman–Crippen LogP) is 3.52. The highest BCUT2D eigenvalue weighted by Crippen LogP contribution is 2.44. The van der Waals surface area contributed by atoms with Crippen molar-refractivity contribution in [3.05, 3.63) is 53.1 Å². The van der Waals surface area contributed by atoms with Crippen LogP contribution in [-0.2, 0) is 6.42 Å². The summed E-state index contributed by atoms with van der Waals surface area (Å²) in [5, 5.41) is 10.4. The smallest absolute Gasteiger partial charge is 0.336 e. The number of rotatable bonds is 3. The van der Waals surface area contributed by atoms with Crippen LogP contribution in [0.2, 0.25) is 0 Å². The first-order valence-electron chi connectivity index (χ1n) is 7.54. The summed E-state index contributed by atoms with van der Waals surface area (Å²) in [5.41, 5.74) is 4.35. The fraction of sp³-hybridized carbons (Fsp3) is 0.158. The first-order valence-corrected chi connectivity index (χ1v) is 7.54. The zero-order valence-corrected chi connectivity index (χ0v) is 13.3. The van der Waals surface area contributed by atoms with Gasteiger partial charge in [0.1, 0.15) is 0 Å². The summed E-state index contributed by atoms with van der Waals surface area (Å²) in [5.74, 6) is 0.304. The molecule has 1 N–H and O–H groups in total. The summed E-state index contributed by atoms with van der Waals surface area (Å²) < 4.78 is 10.7. The van der Waals surface area contributed by atoms with Gasteiger partial charge in [-0.3, -0.25) is 0 Å². The maximum absolute atomic E-state index is 11.9. The molecule has 1 aliphatic rings. The van der Waals surface area contributed by atoms with Gasteiger partial charge in [0.05, 0.1) is 31.0 Å². The second-order valence-electron chi connectivity index (χ2n) is 5.68. The van der Waals surface area contributed by atoms with E-state index in [1.807, 2.05) is 30.3 Å². The average Bonchev–Trinajstić information content (AvgIpc) is 2.94. The van der Waals surface area contributed by atoms with Gasteiger partial charge in [-0.2, -0.15) is 0 Å². The van der Waals surface area contributed by atoms with Gasteiger partial charge in [0.2, 0.25) is 0 Å². The molecule has 1 heterocycles. The lowest BCUT2D eigenvalue weighted by Gasteiger charge is -2.10. The molecule has 0 amide bonds. The van der Waals surface area contributed by atoms with E-state index in [1.54, 1.807) is 20.3 Å². The Balaban J connectivity index is 2.05. The summed E-state index contributed by atoms with van der Waals surface area (Å²) in [4.78, 5) is 16.6. The van der Waals surface area contributed by atoms with E-state index in [2.05, 4.69) is 0 Å². The molecule has 0 saturated carbocycles. The Labute approximate surface area is 138 Å². The average molecular weight is 321 g/mol. The van der Waals surface area contributed by atoms with Crippen LogP contribution < -0.4 is 9.47 Å². The lowest BCUT2D eigenvalue weighted by Crippen LogP contribution is -2.04. The van der Waals surface area contributed by atoms with Crippen molar-refractivity contribution in [2.24, 2.45) is 0 Å². The molecule has 0 saturated heterocycles. The number of carbonyl (C=O) groups is 1. The highest BCUT2D eigenvalue weighted by atomic mass is 16.5. The highest BCUT2D eigenvalue weighted by Gasteiger charge is 2.29. The third kappa shape index (κ3) is 1.94. The van der Waals surface area contributed by atoms with Crippen molar-refractivity contribution < 1.29 is 19.4 Å². The van der Waals surface area contributed by atoms with Gasteiger partial charge in [0.25, 0.3) is 0 Å². The lowest BCUT2D eigenvalue weighted by atomic mass is 10.0. The van der Waals surface area contributed by atoms with Crippen LogP contribution in [0.5, 0.6) is 11.5 Å². The van der Waals surface area contributed by atoms with Crippen molar-refractivity contribution >= 4 is 16.9 Å². The number of hydrogen-bond donors (Lipinski definition) is 1. The van der Waals surface area contributed by atoms with E-state index < -0.39 is 5.97 Å². The van der Waals surface area contributed by atoms with Crippen LogP contribution in [-0.4, -0.2) is 30.3 Å². The third-order valence-electron chi connectivity index (χ3n) is 4.44. The minimum Gasteiger partial charge on any atom is -0.493 e. The Morgan fingerprint density at radius 3 is 2.54 bits per heavy atom. The fourth-order valence-electron chi connectivity index (χ4n) is 3.37. The molecule has 0 atom stereocenters. The molecular formula is C19H15NO4. The second-order valence-corrected chi connectivity index (χ2v) is 5.68. The Kier molecular flexibility index (Phi) is 3.16. The molecule has 0 aliphatic heterocycles. The first-order chi connectivity index (χ1) is 11.6. The summed E-state index contributed by atoms with van der Waals surface area (Å²) >= 11 is 0. The number of methoxy groups -OCH3 is 2. The standard InChI is InChI=1S/C19H15NO4/c1-23-15-8-10-7-13-17(19(21)22)11-5-3-4-6-14(11)20-18(13)12(10)9-16(15)24-2/h3-6,8-9H,7H2,1-2H3,(H,21,22). The predicted molar refractivity (Wildman–Crippen MR) is 90.0 cm³/mol. The van der Waals surface area contributed by atoms with E-state index in [0.717, 1.165) is 16.7 Å². The van der Waals surface area contributed by atoms with E-state index in [1.165, 1.54) is 0 Å². The van der Waals surface area contributed by atoms with E-state index >= 15 is 0 Å². The summed E-state index contributed by atoms with van der Waals surface area (Å²) in [7, 11) is 3.16. The second kappa shape index (κ2) is 5.23. The maximum Gasteiger partial charge on any atom is 0.336 e. The number of aromatic carboxylic acids is 1. The van der Waals surface area contributed by atoms with Crippen molar-refractivity contribution in [3.63, 3.8) is 0 Å². The molecule has 2 aromatic carbocycles. The molecule has 3 aromatic rings. The van der Waals surface area contributed by atoms with E-state index in [0.29, 0.717) is 40.1 Å². The minimum absolute atomic E-state index is 0.324. The van der Waals surface area contributed by atoms with E-state index in [-0.39, 0.29) is 0 Å². The van der Waals surface area contributed by atoms with Crippen molar-refractivity contribution in [2.75, 3.05) is 14.2 Å². The number of aromatic nitrogens is 1. The SMILES string of the molecule is COc1cc2c(cc1OC)-c1nc3ccccc3c(C(=O)O)c1C2. The molecule has 5 heteroatoms. The molecule has 4 rings (SSSR count). The molecule has 1 aromatic heterocycles. The van der Waals surface area contributed by atoms with Gasteiger partial charge in [-0.1, -0.05) is 18.2 Å². The molecule has 1 aliphatic carbocycles. The summed E-state index contributed by atoms with van der Waals surface area (Å²) in [6, 6.07) is 11.1. The third-order valence-corrected chi connectivity index (χ3v) is 4.44. The minimum atomic E-state index is -0.934. The van der Waals surface area contributed by atoms with Crippen molar-refractivity contribution in [1.82, 2.24) is 4.98 Å². The van der Waals surface area contributed by atoms with Gasteiger partial charge < -0.3 is 14.6 Å². The molecule has 0 spiro atoms. The monoisotopic (exact) mass is 321 g/mol. The van der Waals surface area contributed by atoms with Crippen molar-refractivity contribution in [2.45, 2.75) is 6.42 Å². The van der Waals surface area contributed by atoms with Crippen LogP contribution in [0.1, 0.15) is 21.5 Å². The number of fused-ring (bicyclic) bond motifs is 4. The van der Waals surface area contributed by atoms with E-state index in [4.69, 9.17) is 14.5 Å².